The molecule has 0 fully saturated rings. The van der Waals surface area contributed by atoms with Crippen molar-refractivity contribution in [2.75, 3.05) is 0 Å². The highest BCUT2D eigenvalue weighted by Crippen LogP contribution is 2.02. The highest BCUT2D eigenvalue weighted by atomic mass is 16.4. The second kappa shape index (κ2) is 13.5. The number of nitrogens with one attached hydrogen (secondary N) is 3. The third-order valence-corrected chi connectivity index (χ3v) is 4.06. The summed E-state index contributed by atoms with van der Waals surface area (Å²) in [6.07, 6.45) is -2.09. The number of aliphatic carboxylic acids is 3. The van der Waals surface area contributed by atoms with Crippen LogP contribution < -0.4 is 27.4 Å². The zero-order chi connectivity index (χ0) is 25.0. The van der Waals surface area contributed by atoms with Crippen molar-refractivity contribution in [3.8, 4) is 0 Å². The molecule has 4 amide bonds. The average molecular weight is 461 g/mol. The van der Waals surface area contributed by atoms with Gasteiger partial charge in [-0.3, -0.25) is 28.8 Å². The normalized spacial score (nSPS) is 14.2. The first kappa shape index (κ1) is 28.2. The third-order valence-electron chi connectivity index (χ3n) is 4.06. The van der Waals surface area contributed by atoms with Crippen molar-refractivity contribution in [2.45, 2.75) is 63.2 Å². The third kappa shape index (κ3) is 11.4. The summed E-state index contributed by atoms with van der Waals surface area (Å²) in [5.41, 5.74) is 10.6. The van der Waals surface area contributed by atoms with E-state index < -0.39 is 78.5 Å². The summed E-state index contributed by atoms with van der Waals surface area (Å²) in [5.74, 6) is -7.85. The van der Waals surface area contributed by atoms with E-state index in [1.54, 1.807) is 0 Å². The zero-order valence-electron chi connectivity index (χ0n) is 17.2. The second-order valence-electron chi connectivity index (χ2n) is 6.83. The van der Waals surface area contributed by atoms with Gasteiger partial charge < -0.3 is 42.7 Å². The molecule has 4 unspecified atom stereocenters. The zero-order valence-corrected chi connectivity index (χ0v) is 17.2. The number of carbonyl (C=O) groups is 7. The molecule has 0 rings (SSSR count). The van der Waals surface area contributed by atoms with Crippen molar-refractivity contribution >= 4 is 41.5 Å². The van der Waals surface area contributed by atoms with Crippen molar-refractivity contribution in [3.63, 3.8) is 0 Å². The van der Waals surface area contributed by atoms with Gasteiger partial charge in [0.05, 0.1) is 12.5 Å². The Hall–Kier alpha value is -3.75. The summed E-state index contributed by atoms with van der Waals surface area (Å²) in [6.45, 7) is 1.18. The smallest absolute Gasteiger partial charge is 0.326 e. The van der Waals surface area contributed by atoms with Crippen LogP contribution in [0.3, 0.4) is 0 Å². The summed E-state index contributed by atoms with van der Waals surface area (Å²) < 4.78 is 0. The van der Waals surface area contributed by atoms with E-state index in [-0.39, 0.29) is 19.3 Å². The largest absolute Gasteiger partial charge is 0.481 e. The summed E-state index contributed by atoms with van der Waals surface area (Å²) in [6, 6.07) is -5.71. The highest BCUT2D eigenvalue weighted by Gasteiger charge is 2.29. The lowest BCUT2D eigenvalue weighted by atomic mass is 10.1. The second-order valence-corrected chi connectivity index (χ2v) is 6.83. The average Bonchev–Trinajstić information content (AvgIpc) is 2.67. The fourth-order valence-corrected chi connectivity index (χ4v) is 2.30. The molecule has 0 saturated heterocycles. The molecule has 4 atom stereocenters. The number of carboxylic acids is 3. The van der Waals surface area contributed by atoms with Crippen LogP contribution in [0.5, 0.6) is 0 Å². The van der Waals surface area contributed by atoms with Crippen LogP contribution in [-0.2, 0) is 33.6 Å². The molecular formula is C17H27N5O10. The minimum absolute atomic E-state index is 0.218. The van der Waals surface area contributed by atoms with Gasteiger partial charge in [-0.25, -0.2) is 4.79 Å². The first-order valence-electron chi connectivity index (χ1n) is 9.36. The molecule has 0 aromatic carbocycles. The van der Waals surface area contributed by atoms with Gasteiger partial charge in [0.2, 0.25) is 23.6 Å². The van der Waals surface area contributed by atoms with Gasteiger partial charge in [-0.05, 0) is 19.8 Å². The molecule has 0 spiro atoms. The van der Waals surface area contributed by atoms with E-state index in [0.717, 1.165) is 0 Å². The predicted molar refractivity (Wildman–Crippen MR) is 105 cm³/mol. The van der Waals surface area contributed by atoms with E-state index in [0.29, 0.717) is 0 Å². The molecule has 0 aliphatic rings. The van der Waals surface area contributed by atoms with Crippen molar-refractivity contribution in [3.05, 3.63) is 0 Å². The number of rotatable bonds is 15. The lowest BCUT2D eigenvalue weighted by Crippen LogP contribution is -2.56. The fourth-order valence-electron chi connectivity index (χ4n) is 2.30. The molecule has 0 saturated carbocycles. The van der Waals surface area contributed by atoms with Crippen LogP contribution in [0.25, 0.3) is 0 Å². The lowest BCUT2D eigenvalue weighted by Gasteiger charge is -2.23. The molecule has 15 heteroatoms. The molecule has 0 aliphatic heterocycles. The number of carbonyl (C=O) groups excluding carboxylic acids is 4. The maximum Gasteiger partial charge on any atom is 0.326 e. The number of primary amides is 1. The van der Waals surface area contributed by atoms with Crippen molar-refractivity contribution in [1.29, 1.82) is 0 Å². The Morgan fingerprint density at radius 3 is 1.78 bits per heavy atom. The highest BCUT2D eigenvalue weighted by molar-refractivity contribution is 5.94. The molecule has 0 heterocycles. The Morgan fingerprint density at radius 2 is 1.31 bits per heavy atom. The SMILES string of the molecule is CC(NC(=O)C(CCC(N)=O)NC(=O)C(N)CCC(=O)O)C(=O)NC(CC(=O)O)C(=O)O. The first-order chi connectivity index (χ1) is 14.7. The minimum Gasteiger partial charge on any atom is -0.481 e. The van der Waals surface area contributed by atoms with E-state index in [2.05, 4.69) is 10.6 Å². The molecular weight excluding hydrogens is 434 g/mol. The van der Waals surface area contributed by atoms with Gasteiger partial charge in [0.25, 0.3) is 0 Å². The number of amides is 4. The van der Waals surface area contributed by atoms with Gasteiger partial charge in [-0.1, -0.05) is 0 Å². The van der Waals surface area contributed by atoms with Crippen LogP contribution in [0.2, 0.25) is 0 Å². The molecule has 0 aromatic rings. The topological polar surface area (TPSA) is 268 Å². The Kier molecular flexibility index (Phi) is 11.9. The van der Waals surface area contributed by atoms with Crippen LogP contribution in [0.1, 0.15) is 39.0 Å². The van der Waals surface area contributed by atoms with Gasteiger partial charge in [0, 0.05) is 12.8 Å². The van der Waals surface area contributed by atoms with E-state index in [1.165, 1.54) is 6.92 Å². The Morgan fingerprint density at radius 1 is 0.750 bits per heavy atom. The van der Waals surface area contributed by atoms with Crippen LogP contribution >= 0.6 is 0 Å². The molecule has 15 nitrogen and oxygen atoms in total. The molecule has 32 heavy (non-hydrogen) atoms. The molecule has 0 aromatic heterocycles. The number of nitrogens with two attached hydrogens (primary N) is 2. The summed E-state index contributed by atoms with van der Waals surface area (Å²) in [7, 11) is 0. The fraction of sp³-hybridized carbons (Fsp3) is 0.588. The molecule has 10 N–H and O–H groups in total. The standard InChI is InChI=1S/C17H27N5O10/c1-7(14(28)22-10(17(31)32)6-13(26)27)20-16(30)9(3-4-11(19)23)21-15(29)8(18)2-5-12(24)25/h7-10H,2-6,18H2,1H3,(H2,19,23)(H,20,30)(H,21,29)(H,22,28)(H,24,25)(H,26,27)(H,31,32). The Labute approximate surface area is 181 Å². The van der Waals surface area contributed by atoms with E-state index in [9.17, 15) is 33.6 Å². The van der Waals surface area contributed by atoms with Crippen LogP contribution in [0.15, 0.2) is 0 Å². The van der Waals surface area contributed by atoms with Crippen molar-refractivity contribution in [2.24, 2.45) is 11.5 Å². The number of hydrogen-bond acceptors (Lipinski definition) is 8. The molecule has 0 bridgehead atoms. The van der Waals surface area contributed by atoms with Crippen LogP contribution in [0, 0.1) is 0 Å². The molecule has 0 radical (unpaired) electrons. The van der Waals surface area contributed by atoms with Crippen molar-refractivity contribution < 1.29 is 48.9 Å². The quantitative estimate of drug-likeness (QED) is 0.118. The van der Waals surface area contributed by atoms with Crippen LogP contribution in [-0.4, -0.2) is 81.0 Å². The monoisotopic (exact) mass is 461 g/mol. The maximum atomic E-state index is 12.5. The van der Waals surface area contributed by atoms with Gasteiger partial charge in [0.1, 0.15) is 18.1 Å². The summed E-state index contributed by atoms with van der Waals surface area (Å²) in [5, 5.41) is 32.7. The van der Waals surface area contributed by atoms with Crippen molar-refractivity contribution in [1.82, 2.24) is 16.0 Å². The van der Waals surface area contributed by atoms with Crippen LogP contribution in [0.4, 0.5) is 0 Å². The first-order valence-corrected chi connectivity index (χ1v) is 9.36. The predicted octanol–water partition coefficient (Wildman–Crippen LogP) is -3.52. The van der Waals surface area contributed by atoms with E-state index in [1.807, 2.05) is 5.32 Å². The van der Waals surface area contributed by atoms with Gasteiger partial charge in [-0.15, -0.1) is 0 Å². The Balaban J connectivity index is 5.14. The lowest BCUT2D eigenvalue weighted by molar-refractivity contribution is -0.147. The Bertz CT molecular complexity index is 756. The summed E-state index contributed by atoms with van der Waals surface area (Å²) >= 11 is 0. The maximum absolute atomic E-state index is 12.5. The van der Waals surface area contributed by atoms with E-state index >= 15 is 0 Å². The molecule has 0 aliphatic carbocycles. The van der Waals surface area contributed by atoms with Gasteiger partial charge in [0.15, 0.2) is 0 Å². The number of hydrogen-bond donors (Lipinski definition) is 8. The summed E-state index contributed by atoms with van der Waals surface area (Å²) in [4.78, 5) is 80.1. The minimum atomic E-state index is -1.74. The number of carboxylic acid groups (broad SMARTS) is 3. The molecule has 180 valence electrons. The van der Waals surface area contributed by atoms with Gasteiger partial charge in [-0.2, -0.15) is 0 Å². The van der Waals surface area contributed by atoms with Gasteiger partial charge >= 0.3 is 17.9 Å². The van der Waals surface area contributed by atoms with E-state index in [4.69, 9.17) is 26.8 Å².